The van der Waals surface area contributed by atoms with E-state index in [1.165, 1.54) is 18.6 Å². The van der Waals surface area contributed by atoms with Gasteiger partial charge >= 0.3 is 0 Å². The van der Waals surface area contributed by atoms with Crippen LogP contribution in [-0.4, -0.2) is 5.75 Å². The average Bonchev–Trinajstić information content (AvgIpc) is 2.33. The zero-order valence-corrected chi connectivity index (χ0v) is 7.08. The molecule has 0 N–H and O–H groups in total. The van der Waals surface area contributed by atoms with Crippen LogP contribution in [0.25, 0.3) is 0 Å². The van der Waals surface area contributed by atoms with Crippen molar-refractivity contribution in [3.8, 4) is 0 Å². The van der Waals surface area contributed by atoms with Gasteiger partial charge in [-0.1, -0.05) is 19.1 Å². The van der Waals surface area contributed by atoms with Gasteiger partial charge in [0.15, 0.2) is 0 Å². The summed E-state index contributed by atoms with van der Waals surface area (Å²) in [5.41, 5.74) is 1.61. The van der Waals surface area contributed by atoms with E-state index in [1.807, 2.05) is 11.8 Å². The summed E-state index contributed by atoms with van der Waals surface area (Å²) in [4.78, 5) is 1.57. The zero-order chi connectivity index (χ0) is 6.97. The van der Waals surface area contributed by atoms with Gasteiger partial charge in [-0.2, -0.15) is 0 Å². The molecule has 1 unspecified atom stereocenters. The molecule has 0 aromatic heterocycles. The fourth-order valence-electron chi connectivity index (χ4n) is 1.55. The minimum atomic E-state index is 0.789. The summed E-state index contributed by atoms with van der Waals surface area (Å²) in [6.07, 6.45) is 7.40. The lowest BCUT2D eigenvalue weighted by Crippen LogP contribution is -1.95. The van der Waals surface area contributed by atoms with Crippen LogP contribution in [-0.2, 0) is 0 Å². The van der Waals surface area contributed by atoms with Gasteiger partial charge in [0.2, 0.25) is 0 Å². The van der Waals surface area contributed by atoms with E-state index in [4.69, 9.17) is 0 Å². The third-order valence-corrected chi connectivity index (χ3v) is 3.25. The molecule has 0 aromatic rings. The molecule has 1 heteroatoms. The van der Waals surface area contributed by atoms with Crippen LogP contribution in [0.4, 0.5) is 0 Å². The Balaban J connectivity index is 2.27. The smallest absolute Gasteiger partial charge is 0.00616 e. The van der Waals surface area contributed by atoms with Crippen molar-refractivity contribution in [2.75, 3.05) is 5.75 Å². The van der Waals surface area contributed by atoms with E-state index in [1.54, 1.807) is 10.5 Å². The van der Waals surface area contributed by atoms with Crippen LogP contribution in [0.3, 0.4) is 0 Å². The van der Waals surface area contributed by atoms with Gasteiger partial charge in [-0.05, 0) is 24.3 Å². The minimum absolute atomic E-state index is 0.789. The molecule has 1 aliphatic heterocycles. The molecule has 0 spiro atoms. The summed E-state index contributed by atoms with van der Waals surface area (Å²) in [6, 6.07) is 0. The molecule has 1 aliphatic carbocycles. The lowest BCUT2D eigenvalue weighted by atomic mass is 9.97. The van der Waals surface area contributed by atoms with Gasteiger partial charge in [0.1, 0.15) is 0 Å². The number of fused-ring (bicyclic) bond motifs is 1. The molecular weight excluding hydrogens is 140 g/mol. The molecule has 0 saturated carbocycles. The second-order valence-electron chi connectivity index (χ2n) is 3.07. The van der Waals surface area contributed by atoms with Crippen LogP contribution >= 0.6 is 11.8 Å². The highest BCUT2D eigenvalue weighted by Gasteiger charge is 2.17. The van der Waals surface area contributed by atoms with Gasteiger partial charge in [0.05, 0.1) is 0 Å². The van der Waals surface area contributed by atoms with Crippen molar-refractivity contribution < 1.29 is 0 Å². The molecule has 54 valence electrons. The molecular formula is C9H12S. The largest absolute Gasteiger partial charge is 0.126 e. The second-order valence-corrected chi connectivity index (χ2v) is 4.21. The van der Waals surface area contributed by atoms with Crippen molar-refractivity contribution in [1.29, 1.82) is 0 Å². The van der Waals surface area contributed by atoms with E-state index in [0.717, 1.165) is 5.92 Å². The van der Waals surface area contributed by atoms with Crippen molar-refractivity contribution in [3.63, 3.8) is 0 Å². The molecule has 2 rings (SSSR count). The summed E-state index contributed by atoms with van der Waals surface area (Å²) in [5, 5.41) is 0. The van der Waals surface area contributed by atoms with E-state index in [2.05, 4.69) is 19.1 Å². The summed E-state index contributed by atoms with van der Waals surface area (Å²) >= 11 is 2.02. The Hall–Kier alpha value is -0.170. The van der Waals surface area contributed by atoms with Crippen molar-refractivity contribution in [3.05, 3.63) is 22.6 Å². The van der Waals surface area contributed by atoms with E-state index in [-0.39, 0.29) is 0 Å². The number of thioether (sulfide) groups is 1. The monoisotopic (exact) mass is 152 g/mol. The molecule has 0 nitrogen and oxygen atoms in total. The predicted octanol–water partition coefficient (Wildman–Crippen LogP) is 2.97. The Morgan fingerprint density at radius 1 is 1.60 bits per heavy atom. The highest BCUT2D eigenvalue weighted by Crippen LogP contribution is 2.39. The summed E-state index contributed by atoms with van der Waals surface area (Å²) in [7, 11) is 0. The van der Waals surface area contributed by atoms with Gasteiger partial charge in [-0.15, -0.1) is 11.8 Å². The van der Waals surface area contributed by atoms with Gasteiger partial charge in [-0.3, -0.25) is 0 Å². The van der Waals surface area contributed by atoms with E-state index < -0.39 is 0 Å². The highest BCUT2D eigenvalue weighted by molar-refractivity contribution is 8.03. The SMILES string of the molecule is CC1C=C2CCSC2=CC1. The molecule has 1 atom stereocenters. The molecule has 0 bridgehead atoms. The number of allylic oxidation sites excluding steroid dienone is 3. The Morgan fingerprint density at radius 2 is 2.50 bits per heavy atom. The highest BCUT2D eigenvalue weighted by atomic mass is 32.2. The first kappa shape index (κ1) is 6.53. The standard InChI is InChI=1S/C9H12S/c1-7-2-3-9-8(6-7)4-5-10-9/h3,6-7H,2,4-5H2,1H3. The maximum absolute atomic E-state index is 2.44. The van der Waals surface area contributed by atoms with Crippen LogP contribution in [0.1, 0.15) is 19.8 Å². The quantitative estimate of drug-likeness (QED) is 0.514. The molecule has 0 aromatic carbocycles. The van der Waals surface area contributed by atoms with Gasteiger partial charge in [-0.25, -0.2) is 0 Å². The molecule has 0 radical (unpaired) electrons. The van der Waals surface area contributed by atoms with Crippen molar-refractivity contribution >= 4 is 11.8 Å². The number of rotatable bonds is 0. The topological polar surface area (TPSA) is 0 Å². The fraction of sp³-hybridized carbons (Fsp3) is 0.556. The molecule has 1 heterocycles. The first-order valence-electron chi connectivity index (χ1n) is 3.90. The second kappa shape index (κ2) is 2.46. The summed E-state index contributed by atoms with van der Waals surface area (Å²) in [6.45, 7) is 2.29. The first-order chi connectivity index (χ1) is 4.86. The van der Waals surface area contributed by atoms with Crippen molar-refractivity contribution in [1.82, 2.24) is 0 Å². The van der Waals surface area contributed by atoms with Crippen LogP contribution in [0.5, 0.6) is 0 Å². The molecule has 1 saturated heterocycles. The zero-order valence-electron chi connectivity index (χ0n) is 6.26. The van der Waals surface area contributed by atoms with Crippen LogP contribution < -0.4 is 0 Å². The molecule has 1 fully saturated rings. The van der Waals surface area contributed by atoms with Crippen molar-refractivity contribution in [2.45, 2.75) is 19.8 Å². The van der Waals surface area contributed by atoms with Crippen LogP contribution in [0, 0.1) is 5.92 Å². The van der Waals surface area contributed by atoms with E-state index >= 15 is 0 Å². The van der Waals surface area contributed by atoms with Gasteiger partial charge < -0.3 is 0 Å². The number of hydrogen-bond acceptors (Lipinski definition) is 1. The third-order valence-electron chi connectivity index (χ3n) is 2.11. The first-order valence-corrected chi connectivity index (χ1v) is 4.89. The Morgan fingerprint density at radius 3 is 3.40 bits per heavy atom. The van der Waals surface area contributed by atoms with E-state index in [0.29, 0.717) is 0 Å². The maximum atomic E-state index is 2.44. The van der Waals surface area contributed by atoms with Crippen LogP contribution in [0.15, 0.2) is 22.6 Å². The van der Waals surface area contributed by atoms with Crippen LogP contribution in [0.2, 0.25) is 0 Å². The molecule has 0 amide bonds. The Labute approximate surface area is 66.4 Å². The fourth-order valence-corrected chi connectivity index (χ4v) is 2.66. The van der Waals surface area contributed by atoms with E-state index in [9.17, 15) is 0 Å². The average molecular weight is 152 g/mol. The van der Waals surface area contributed by atoms with Gasteiger partial charge in [0, 0.05) is 10.7 Å². The van der Waals surface area contributed by atoms with Gasteiger partial charge in [0.25, 0.3) is 0 Å². The maximum Gasteiger partial charge on any atom is 0.00616 e. The summed E-state index contributed by atoms with van der Waals surface area (Å²) < 4.78 is 0. The number of hydrogen-bond donors (Lipinski definition) is 0. The molecule has 10 heavy (non-hydrogen) atoms. The van der Waals surface area contributed by atoms with Crippen molar-refractivity contribution in [2.24, 2.45) is 5.92 Å². The summed E-state index contributed by atoms with van der Waals surface area (Å²) in [5.74, 6) is 2.10. The normalized spacial score (nSPS) is 31.1. The lowest BCUT2D eigenvalue weighted by Gasteiger charge is -2.11. The lowest BCUT2D eigenvalue weighted by molar-refractivity contribution is 0.724. The predicted molar refractivity (Wildman–Crippen MR) is 47.0 cm³/mol. The third kappa shape index (κ3) is 1.03. The molecule has 2 aliphatic rings. The Bertz CT molecular complexity index is 201. The Kier molecular flexibility index (Phi) is 1.61. The minimum Gasteiger partial charge on any atom is -0.126 e.